The maximum Gasteiger partial charge on any atom is 0.254 e. The van der Waals surface area contributed by atoms with Gasteiger partial charge < -0.3 is 4.90 Å². The molecular weight excluding hydrogens is 260 g/mol. The number of likely N-dealkylation sites (tertiary alicyclic amines) is 1. The third-order valence-electron chi connectivity index (χ3n) is 4.22. The first-order chi connectivity index (χ1) is 10.3. The molecule has 2 aromatic rings. The fourth-order valence-corrected chi connectivity index (χ4v) is 3.07. The first kappa shape index (κ1) is 13.8. The quantitative estimate of drug-likeness (QED) is 0.839. The number of pyridine rings is 1. The smallest absolute Gasteiger partial charge is 0.254 e. The number of amides is 1. The van der Waals surface area contributed by atoms with Crippen LogP contribution in [0.25, 0.3) is 0 Å². The van der Waals surface area contributed by atoms with Crippen molar-refractivity contribution < 1.29 is 4.79 Å². The summed E-state index contributed by atoms with van der Waals surface area (Å²) in [6, 6.07) is 11.7. The molecule has 3 nitrogen and oxygen atoms in total. The van der Waals surface area contributed by atoms with Gasteiger partial charge in [0.15, 0.2) is 0 Å². The van der Waals surface area contributed by atoms with E-state index < -0.39 is 0 Å². The van der Waals surface area contributed by atoms with Crippen LogP contribution in [0.15, 0.2) is 48.8 Å². The van der Waals surface area contributed by atoms with Gasteiger partial charge in [-0.05, 0) is 55.5 Å². The zero-order valence-electron chi connectivity index (χ0n) is 12.3. The second-order valence-corrected chi connectivity index (χ2v) is 5.61. The van der Waals surface area contributed by atoms with Crippen molar-refractivity contribution in [2.24, 2.45) is 0 Å². The summed E-state index contributed by atoms with van der Waals surface area (Å²) in [7, 11) is 0. The molecule has 3 heteroatoms. The van der Waals surface area contributed by atoms with E-state index >= 15 is 0 Å². The van der Waals surface area contributed by atoms with Crippen LogP contribution in [-0.2, 0) is 0 Å². The minimum atomic E-state index is 0.128. The number of nitrogens with zero attached hydrogens (tertiary/aromatic N) is 2. The number of carbonyl (C=O) groups is 1. The molecule has 1 aromatic heterocycles. The zero-order valence-corrected chi connectivity index (χ0v) is 12.3. The maximum absolute atomic E-state index is 12.8. The third-order valence-corrected chi connectivity index (χ3v) is 4.22. The van der Waals surface area contributed by atoms with Gasteiger partial charge in [0.2, 0.25) is 0 Å². The normalized spacial score (nSPS) is 18.5. The van der Waals surface area contributed by atoms with E-state index in [9.17, 15) is 4.79 Å². The van der Waals surface area contributed by atoms with Gasteiger partial charge in [0.1, 0.15) is 0 Å². The van der Waals surface area contributed by atoms with Crippen LogP contribution in [0.3, 0.4) is 0 Å². The lowest BCUT2D eigenvalue weighted by atomic mass is 9.93. The monoisotopic (exact) mass is 280 g/mol. The minimum Gasteiger partial charge on any atom is -0.332 e. The Balaban J connectivity index is 1.92. The van der Waals surface area contributed by atoms with E-state index in [4.69, 9.17) is 0 Å². The molecule has 0 N–H and O–H groups in total. The van der Waals surface area contributed by atoms with Crippen molar-refractivity contribution in [1.82, 2.24) is 9.88 Å². The Morgan fingerprint density at radius 2 is 2.00 bits per heavy atom. The fraction of sp³-hybridized carbons (Fsp3) is 0.333. The Hall–Kier alpha value is -2.16. The predicted molar refractivity (Wildman–Crippen MR) is 83.0 cm³/mol. The number of aryl methyl sites for hydroxylation is 1. The largest absolute Gasteiger partial charge is 0.332 e. The highest BCUT2D eigenvalue weighted by Gasteiger charge is 2.29. The van der Waals surface area contributed by atoms with Gasteiger partial charge in [0.05, 0.1) is 6.04 Å². The molecule has 0 unspecified atom stereocenters. The summed E-state index contributed by atoms with van der Waals surface area (Å²) in [5, 5.41) is 0. The van der Waals surface area contributed by atoms with Crippen molar-refractivity contribution in [2.45, 2.75) is 32.2 Å². The number of hydrogen-bond donors (Lipinski definition) is 0. The summed E-state index contributed by atoms with van der Waals surface area (Å²) in [5.74, 6) is 0.128. The van der Waals surface area contributed by atoms with Gasteiger partial charge in [-0.15, -0.1) is 0 Å². The Bertz CT molecular complexity index is 624. The van der Waals surface area contributed by atoms with Crippen LogP contribution in [0.4, 0.5) is 0 Å². The Morgan fingerprint density at radius 3 is 2.76 bits per heavy atom. The van der Waals surface area contributed by atoms with E-state index in [1.807, 2.05) is 53.7 Å². The standard InChI is InChI=1S/C18H20N2O/c1-14-10-11-19-13-16(14)17-9-5-6-12-20(17)18(21)15-7-3-2-4-8-15/h2-4,7-8,10-11,13,17H,5-6,9,12H2,1H3/t17-/m1/s1. The summed E-state index contributed by atoms with van der Waals surface area (Å²) in [5.41, 5.74) is 3.16. The Labute approximate surface area is 125 Å². The summed E-state index contributed by atoms with van der Waals surface area (Å²) in [6.07, 6.45) is 6.98. The van der Waals surface area contributed by atoms with E-state index in [1.54, 1.807) is 0 Å². The topological polar surface area (TPSA) is 33.2 Å². The highest BCUT2D eigenvalue weighted by atomic mass is 16.2. The molecule has 1 aliphatic heterocycles. The average Bonchev–Trinajstić information content (AvgIpc) is 2.55. The van der Waals surface area contributed by atoms with Crippen molar-refractivity contribution in [3.8, 4) is 0 Å². The van der Waals surface area contributed by atoms with Gasteiger partial charge >= 0.3 is 0 Å². The molecule has 1 aromatic carbocycles. The first-order valence-electron chi connectivity index (χ1n) is 7.54. The molecule has 0 spiro atoms. The highest BCUT2D eigenvalue weighted by molar-refractivity contribution is 5.94. The van der Waals surface area contributed by atoms with Crippen molar-refractivity contribution in [2.75, 3.05) is 6.54 Å². The molecular formula is C18H20N2O. The van der Waals surface area contributed by atoms with Crippen LogP contribution < -0.4 is 0 Å². The van der Waals surface area contributed by atoms with Crippen molar-refractivity contribution >= 4 is 5.91 Å². The lowest BCUT2D eigenvalue weighted by Crippen LogP contribution is -2.38. The van der Waals surface area contributed by atoms with Gasteiger partial charge in [0, 0.05) is 24.5 Å². The Morgan fingerprint density at radius 1 is 1.19 bits per heavy atom. The van der Waals surface area contributed by atoms with E-state index in [0.29, 0.717) is 0 Å². The molecule has 1 saturated heterocycles. The molecule has 2 heterocycles. The van der Waals surface area contributed by atoms with Crippen LogP contribution in [0, 0.1) is 6.92 Å². The molecule has 1 fully saturated rings. The first-order valence-corrected chi connectivity index (χ1v) is 7.54. The predicted octanol–water partition coefficient (Wildman–Crippen LogP) is 3.76. The van der Waals surface area contributed by atoms with Gasteiger partial charge in [-0.25, -0.2) is 0 Å². The average molecular weight is 280 g/mol. The van der Waals surface area contributed by atoms with Crippen LogP contribution in [-0.4, -0.2) is 22.3 Å². The molecule has 21 heavy (non-hydrogen) atoms. The number of hydrogen-bond acceptors (Lipinski definition) is 2. The number of benzene rings is 1. The van der Waals surface area contributed by atoms with Gasteiger partial charge in [-0.3, -0.25) is 9.78 Å². The van der Waals surface area contributed by atoms with E-state index in [0.717, 1.165) is 31.4 Å². The molecule has 0 aliphatic carbocycles. The summed E-state index contributed by atoms with van der Waals surface area (Å²) in [6.45, 7) is 2.92. The number of aromatic nitrogens is 1. The van der Waals surface area contributed by atoms with Crippen LogP contribution in [0.1, 0.15) is 46.8 Å². The van der Waals surface area contributed by atoms with E-state index in [1.165, 1.54) is 11.1 Å². The second-order valence-electron chi connectivity index (χ2n) is 5.61. The van der Waals surface area contributed by atoms with Crippen LogP contribution in [0.5, 0.6) is 0 Å². The Kier molecular flexibility index (Phi) is 4.00. The highest BCUT2D eigenvalue weighted by Crippen LogP contribution is 2.33. The SMILES string of the molecule is Cc1ccncc1[C@H]1CCCCN1C(=O)c1ccccc1. The summed E-state index contributed by atoms with van der Waals surface area (Å²) >= 11 is 0. The van der Waals surface area contributed by atoms with Crippen molar-refractivity contribution in [3.05, 3.63) is 65.5 Å². The molecule has 0 bridgehead atoms. The lowest BCUT2D eigenvalue weighted by molar-refractivity contribution is 0.0610. The fourth-order valence-electron chi connectivity index (χ4n) is 3.07. The van der Waals surface area contributed by atoms with Crippen molar-refractivity contribution in [1.29, 1.82) is 0 Å². The number of carbonyl (C=O) groups excluding carboxylic acids is 1. The van der Waals surface area contributed by atoms with Crippen LogP contribution in [0.2, 0.25) is 0 Å². The van der Waals surface area contributed by atoms with E-state index in [2.05, 4.69) is 11.9 Å². The molecule has 1 aliphatic rings. The molecule has 108 valence electrons. The van der Waals surface area contributed by atoms with Gasteiger partial charge in [-0.2, -0.15) is 0 Å². The van der Waals surface area contributed by atoms with Crippen molar-refractivity contribution in [3.63, 3.8) is 0 Å². The summed E-state index contributed by atoms with van der Waals surface area (Å²) in [4.78, 5) is 19.1. The number of piperidine rings is 1. The minimum absolute atomic E-state index is 0.128. The maximum atomic E-state index is 12.8. The molecule has 1 amide bonds. The van der Waals surface area contributed by atoms with Crippen LogP contribution >= 0.6 is 0 Å². The summed E-state index contributed by atoms with van der Waals surface area (Å²) < 4.78 is 0. The second kappa shape index (κ2) is 6.08. The molecule has 0 saturated carbocycles. The molecule has 1 atom stereocenters. The number of rotatable bonds is 2. The third kappa shape index (κ3) is 2.82. The van der Waals surface area contributed by atoms with E-state index in [-0.39, 0.29) is 11.9 Å². The van der Waals surface area contributed by atoms with Gasteiger partial charge in [0.25, 0.3) is 5.91 Å². The zero-order chi connectivity index (χ0) is 14.7. The lowest BCUT2D eigenvalue weighted by Gasteiger charge is -2.36. The van der Waals surface area contributed by atoms with Gasteiger partial charge in [-0.1, -0.05) is 18.2 Å². The molecule has 0 radical (unpaired) electrons. The molecule has 3 rings (SSSR count).